The third kappa shape index (κ3) is 11.4. The maximum atomic E-state index is 14.0. The maximum Gasteiger partial charge on any atom is 0.496 e. The summed E-state index contributed by atoms with van der Waals surface area (Å²) in [6.07, 6.45) is 12.0. The summed E-state index contributed by atoms with van der Waals surface area (Å²) in [5.41, 5.74) is 4.37. The van der Waals surface area contributed by atoms with Crippen molar-refractivity contribution >= 4 is 65.9 Å². The summed E-state index contributed by atoms with van der Waals surface area (Å²) in [6.45, 7) is 15.8. The first-order valence-electron chi connectivity index (χ1n) is 28.7. The Bertz CT molecular complexity index is 2840. The number of ether oxygens (including phenoxy) is 4. The highest BCUT2D eigenvalue weighted by atomic mass is 35.5. The van der Waals surface area contributed by atoms with Crippen LogP contribution in [0.15, 0.2) is 29.5 Å². The Labute approximate surface area is 481 Å². The highest BCUT2D eigenvalue weighted by Gasteiger charge is 2.54. The van der Waals surface area contributed by atoms with Crippen LogP contribution in [0.2, 0.25) is 5.28 Å². The molecule has 0 unspecified atom stereocenters. The Morgan fingerprint density at radius 2 is 0.988 bits per heavy atom. The van der Waals surface area contributed by atoms with Crippen molar-refractivity contribution in [3.63, 3.8) is 0 Å². The predicted octanol–water partition coefficient (Wildman–Crippen LogP) is 7.56. The molecule has 4 spiro atoms. The molecule has 4 aromatic heterocycles. The summed E-state index contributed by atoms with van der Waals surface area (Å²) in [4.78, 5) is 51.2. The molecule has 9 fully saturated rings. The van der Waals surface area contributed by atoms with Gasteiger partial charge >= 0.3 is 7.12 Å². The van der Waals surface area contributed by atoms with Crippen LogP contribution < -0.4 is 30.8 Å². The Kier molecular flexibility index (Phi) is 16.5. The van der Waals surface area contributed by atoms with Gasteiger partial charge < -0.3 is 58.5 Å². The van der Waals surface area contributed by atoms with E-state index in [0.717, 1.165) is 90.5 Å². The van der Waals surface area contributed by atoms with E-state index in [2.05, 4.69) is 44.5 Å². The van der Waals surface area contributed by atoms with E-state index in [9.17, 15) is 17.6 Å². The van der Waals surface area contributed by atoms with Crippen molar-refractivity contribution in [1.29, 1.82) is 0 Å². The van der Waals surface area contributed by atoms with E-state index in [1.807, 2.05) is 27.7 Å². The number of hydrogen-bond acceptors (Lipinski definition) is 20. The second kappa shape index (κ2) is 23.2. The van der Waals surface area contributed by atoms with Crippen LogP contribution in [0.1, 0.15) is 129 Å². The van der Waals surface area contributed by atoms with E-state index < -0.39 is 31.2 Å². The highest BCUT2D eigenvalue weighted by molar-refractivity contribution is 6.62. The van der Waals surface area contributed by atoms with Gasteiger partial charge in [-0.05, 0) is 128 Å². The van der Waals surface area contributed by atoms with Crippen molar-refractivity contribution in [3.05, 3.63) is 40.9 Å². The molecule has 5 saturated heterocycles. The number of nitrogens with two attached hydrogens (primary N) is 1. The molecule has 13 rings (SSSR count). The minimum atomic E-state index is -2.73. The number of rotatable bonds is 10. The minimum Gasteiger partial charge on any atom is -0.399 e. The molecule has 21 nitrogen and oxygen atoms in total. The first kappa shape index (κ1) is 58.4. The number of pyridine rings is 2. The van der Waals surface area contributed by atoms with Crippen LogP contribution in [-0.4, -0.2) is 185 Å². The van der Waals surface area contributed by atoms with E-state index in [4.69, 9.17) is 65.5 Å². The predicted molar refractivity (Wildman–Crippen MR) is 303 cm³/mol. The average molecular weight is 1160 g/mol. The van der Waals surface area contributed by atoms with Crippen LogP contribution in [0.4, 0.5) is 53.0 Å². The fourth-order valence-corrected chi connectivity index (χ4v) is 12.5. The number of aliphatic imine (C=N–C) groups is 1. The molecule has 2 N–H and O–H groups in total. The van der Waals surface area contributed by atoms with Crippen LogP contribution in [0.5, 0.6) is 0 Å². The van der Waals surface area contributed by atoms with Crippen LogP contribution in [0.3, 0.4) is 0 Å². The summed E-state index contributed by atoms with van der Waals surface area (Å²) < 4.78 is 89.6. The first-order chi connectivity index (χ1) is 39.2. The topological polar surface area (TPSA) is 213 Å². The van der Waals surface area contributed by atoms with Gasteiger partial charge in [0.25, 0.3) is 12.9 Å². The number of nitrogens with zero attached hydrogens (tertiary/aromatic N) is 14. The number of nitrogen functional groups attached to an aromatic ring is 1. The fraction of sp³-hybridized carbons (Fsp3) is 0.691. The monoisotopic (exact) mass is 1160 g/mol. The lowest BCUT2D eigenvalue weighted by Gasteiger charge is -2.54. The molecule has 4 saturated carbocycles. The molecular weight excluding hydrogens is 1090 g/mol. The van der Waals surface area contributed by atoms with Crippen LogP contribution in [0, 0.1) is 0 Å². The molecule has 27 heteroatoms. The maximum absolute atomic E-state index is 14.0. The largest absolute Gasteiger partial charge is 0.496 e. The van der Waals surface area contributed by atoms with Crippen LogP contribution in [-0.2, 0) is 28.3 Å². The first-order valence-corrected chi connectivity index (χ1v) is 29.1. The Morgan fingerprint density at radius 1 is 0.585 bits per heavy atom. The number of morpholine rings is 4. The number of hydrogen-bond donors (Lipinski definition) is 1. The number of aromatic nitrogens is 8. The smallest absolute Gasteiger partial charge is 0.399 e. The molecule has 9 heterocycles. The van der Waals surface area contributed by atoms with Crippen molar-refractivity contribution in [2.75, 3.05) is 118 Å². The number of halogens is 5. The summed E-state index contributed by atoms with van der Waals surface area (Å²) in [7, 11) is 2.70. The van der Waals surface area contributed by atoms with E-state index >= 15 is 0 Å². The molecule has 4 aliphatic carbocycles. The lowest BCUT2D eigenvalue weighted by atomic mass is 9.75. The van der Waals surface area contributed by atoms with Gasteiger partial charge in [0.2, 0.25) is 29.1 Å². The SMILES string of the molecule is CN(C)C=Nc1cc(C(F)F)c(B2OC(C)(C)C(C)(C)O2)cn1.Clc1nc(N2CCOCC23CCC3)nc(N2CCOCC23CCC3)n1.Nc1cc(C(F)F)c(-c2nc(N3CCOCC34CCC4)nc(N3CCOCC34CCC4)n2)cn1. The third-order valence-electron chi connectivity index (χ3n) is 18.5. The van der Waals surface area contributed by atoms with Crippen molar-refractivity contribution in [1.82, 2.24) is 44.8 Å². The van der Waals surface area contributed by atoms with Gasteiger partial charge in [0.15, 0.2) is 11.6 Å². The number of alkyl halides is 4. The van der Waals surface area contributed by atoms with Gasteiger partial charge in [-0.15, -0.1) is 0 Å². The van der Waals surface area contributed by atoms with Crippen molar-refractivity contribution < 1.29 is 45.8 Å². The summed E-state index contributed by atoms with van der Waals surface area (Å²) in [5.74, 6) is 2.90. The Balaban J connectivity index is 0.000000132. The van der Waals surface area contributed by atoms with Gasteiger partial charge in [-0.3, -0.25) is 0 Å². The Morgan fingerprint density at radius 3 is 1.35 bits per heavy atom. The Hall–Kier alpha value is -5.38. The highest BCUT2D eigenvalue weighted by Crippen LogP contribution is 2.47. The summed E-state index contributed by atoms with van der Waals surface area (Å²) in [5, 5.41) is 0.280. The molecule has 0 radical (unpaired) electrons. The zero-order valence-corrected chi connectivity index (χ0v) is 48.5. The van der Waals surface area contributed by atoms with Gasteiger partial charge in [-0.25, -0.2) is 32.5 Å². The molecular formula is C55H75BClF4N15O6. The van der Waals surface area contributed by atoms with E-state index in [-0.39, 0.29) is 67.1 Å². The molecule has 0 aromatic carbocycles. The zero-order valence-electron chi connectivity index (χ0n) is 47.8. The van der Waals surface area contributed by atoms with Gasteiger partial charge in [0.05, 0.1) is 92.6 Å². The van der Waals surface area contributed by atoms with Crippen molar-refractivity contribution in [2.24, 2.45) is 4.99 Å². The molecule has 0 amide bonds. The van der Waals surface area contributed by atoms with Gasteiger partial charge in [-0.1, -0.05) is 0 Å². The molecule has 5 aliphatic heterocycles. The summed E-state index contributed by atoms with van der Waals surface area (Å²) >= 11 is 6.32. The minimum absolute atomic E-state index is 0.0387. The van der Waals surface area contributed by atoms with Crippen molar-refractivity contribution in [2.45, 2.75) is 151 Å². The molecule has 9 aliphatic rings. The van der Waals surface area contributed by atoms with E-state index in [0.29, 0.717) is 76.5 Å². The standard InChI is InChI=1S/C23H29F2N7O2.C17H24ClN5O2.C15H22BF2N3O2/c24-18(25)15-11-17(26)27-12-16(15)19-28-20(31-7-9-33-13-22(31)3-1-4-22)30-21(29-19)32-8-10-34-14-23(32)5-2-6-23;18-13-19-14(22-7-9-24-11-16(22)3-1-4-16)21-15(20-13)23-8-10-25-12-17(23)5-2-6-17;1-14(2)15(3,4)23-16(22-14)11-8-19-12(20-9-21(5)6)7-10(11)13(17)18/h11-12,18H,1-10,13-14H2,(H2,26,27);1-12H2;7-9,13H,1-6H3. The second-order valence-electron chi connectivity index (χ2n) is 24.4. The zero-order chi connectivity index (χ0) is 57.7. The van der Waals surface area contributed by atoms with Gasteiger partial charge in [0, 0.05) is 74.8 Å². The second-order valence-corrected chi connectivity index (χ2v) is 24.7. The number of anilines is 5. The lowest BCUT2D eigenvalue weighted by Crippen LogP contribution is -2.63. The summed E-state index contributed by atoms with van der Waals surface area (Å²) in [6, 6.07) is 2.47. The fourth-order valence-electron chi connectivity index (χ4n) is 12.4. The van der Waals surface area contributed by atoms with E-state index in [1.165, 1.54) is 43.7 Å². The van der Waals surface area contributed by atoms with E-state index in [1.54, 1.807) is 19.0 Å². The van der Waals surface area contributed by atoms with Gasteiger partial charge in [-0.2, -0.15) is 29.9 Å². The molecule has 444 valence electrons. The van der Waals surface area contributed by atoms with Crippen LogP contribution >= 0.6 is 11.6 Å². The van der Waals surface area contributed by atoms with Crippen molar-refractivity contribution in [3.8, 4) is 11.4 Å². The molecule has 4 aromatic rings. The quantitative estimate of drug-likeness (QED) is 0.0702. The molecule has 82 heavy (non-hydrogen) atoms. The van der Waals surface area contributed by atoms with Crippen LogP contribution in [0.25, 0.3) is 11.4 Å². The molecule has 0 bridgehead atoms. The average Bonchev–Trinajstić information content (AvgIpc) is 3.71. The lowest BCUT2D eigenvalue weighted by molar-refractivity contribution is 0.00578. The normalized spacial score (nSPS) is 23.5. The third-order valence-corrected chi connectivity index (χ3v) is 18.6. The molecule has 0 atom stereocenters. The van der Waals surface area contributed by atoms with Gasteiger partial charge in [0.1, 0.15) is 5.82 Å².